The Labute approximate surface area is 177 Å². The minimum Gasteiger partial charge on any atom is -0.482 e. The van der Waals surface area contributed by atoms with Crippen molar-refractivity contribution in [3.63, 3.8) is 0 Å². The van der Waals surface area contributed by atoms with Crippen LogP contribution in [0.2, 0.25) is 5.02 Å². The van der Waals surface area contributed by atoms with Gasteiger partial charge >= 0.3 is 0 Å². The lowest BCUT2D eigenvalue weighted by Crippen LogP contribution is -2.36. The molecule has 2 aromatic rings. The van der Waals surface area contributed by atoms with Crippen molar-refractivity contribution in [2.75, 3.05) is 11.9 Å². The van der Waals surface area contributed by atoms with Crippen molar-refractivity contribution in [2.45, 2.75) is 38.1 Å². The van der Waals surface area contributed by atoms with Gasteiger partial charge in [0.15, 0.2) is 6.61 Å². The normalized spacial score (nSPS) is 14.4. The van der Waals surface area contributed by atoms with Crippen LogP contribution in [0.15, 0.2) is 46.9 Å². The third kappa shape index (κ3) is 5.97. The molecule has 1 fully saturated rings. The first kappa shape index (κ1) is 20.7. The number of anilines is 1. The second-order valence-electron chi connectivity index (χ2n) is 6.80. The fraction of sp³-hybridized carbons (Fsp3) is 0.333. The van der Waals surface area contributed by atoms with Gasteiger partial charge in [-0.05, 0) is 55.3 Å². The molecule has 0 unspecified atom stereocenters. The van der Waals surface area contributed by atoms with Crippen molar-refractivity contribution in [2.24, 2.45) is 0 Å². The summed E-state index contributed by atoms with van der Waals surface area (Å²) in [6, 6.07) is 12.3. The number of nitrogens with one attached hydrogen (secondary N) is 2. The van der Waals surface area contributed by atoms with E-state index in [9.17, 15) is 9.59 Å². The molecule has 0 radical (unpaired) electrons. The maximum atomic E-state index is 12.3. The molecular formula is C21H22BrClN2O3. The molecule has 0 heterocycles. The fourth-order valence-corrected chi connectivity index (χ4v) is 3.88. The van der Waals surface area contributed by atoms with Crippen LogP contribution >= 0.6 is 27.5 Å². The molecule has 148 valence electrons. The van der Waals surface area contributed by atoms with E-state index < -0.39 is 0 Å². The summed E-state index contributed by atoms with van der Waals surface area (Å²) in [5.41, 5.74) is 1.19. The quantitative estimate of drug-likeness (QED) is 0.617. The van der Waals surface area contributed by atoms with Crippen molar-refractivity contribution in [1.29, 1.82) is 0 Å². The van der Waals surface area contributed by atoms with E-state index in [2.05, 4.69) is 26.6 Å². The van der Waals surface area contributed by atoms with Crippen LogP contribution < -0.4 is 15.4 Å². The van der Waals surface area contributed by atoms with E-state index in [0.29, 0.717) is 22.0 Å². The number of amides is 2. The van der Waals surface area contributed by atoms with Gasteiger partial charge in [0.2, 0.25) is 0 Å². The third-order valence-corrected chi connectivity index (χ3v) is 5.41. The monoisotopic (exact) mass is 464 g/mol. The van der Waals surface area contributed by atoms with Crippen molar-refractivity contribution in [3.8, 4) is 5.75 Å². The van der Waals surface area contributed by atoms with Gasteiger partial charge in [-0.1, -0.05) is 46.8 Å². The molecule has 1 saturated carbocycles. The first-order valence-corrected chi connectivity index (χ1v) is 10.5. The molecule has 1 aliphatic rings. The van der Waals surface area contributed by atoms with E-state index in [1.165, 1.54) is 19.3 Å². The molecule has 0 aliphatic heterocycles. The summed E-state index contributed by atoms with van der Waals surface area (Å²) in [7, 11) is 0. The predicted octanol–water partition coefficient (Wildman–Crippen LogP) is 5.18. The Hall–Kier alpha value is -2.05. The second kappa shape index (κ2) is 9.94. The standard InChI is InChI=1S/C21H22BrClN2O3/c22-15-8-11-19(18(23)12-15)28-13-20(26)24-17-9-6-14(7-10-17)21(27)25-16-4-2-1-3-5-16/h6-12,16H,1-5,13H2,(H,24,26)(H,25,27). The number of hydrogen-bond donors (Lipinski definition) is 2. The highest BCUT2D eigenvalue weighted by Crippen LogP contribution is 2.27. The van der Waals surface area contributed by atoms with Crippen LogP contribution in [0.25, 0.3) is 0 Å². The number of rotatable bonds is 6. The first-order valence-electron chi connectivity index (χ1n) is 9.30. The lowest BCUT2D eigenvalue weighted by molar-refractivity contribution is -0.118. The van der Waals surface area contributed by atoms with Crippen LogP contribution in [0, 0.1) is 0 Å². The Bertz CT molecular complexity index is 836. The number of ether oxygens (including phenoxy) is 1. The van der Waals surface area contributed by atoms with Crippen molar-refractivity contribution in [1.82, 2.24) is 5.32 Å². The summed E-state index contributed by atoms with van der Waals surface area (Å²) < 4.78 is 6.28. The lowest BCUT2D eigenvalue weighted by atomic mass is 9.95. The van der Waals surface area contributed by atoms with Gasteiger partial charge in [0.25, 0.3) is 11.8 Å². The van der Waals surface area contributed by atoms with Crippen LogP contribution in [0.5, 0.6) is 5.75 Å². The minimum absolute atomic E-state index is 0.0713. The van der Waals surface area contributed by atoms with Gasteiger partial charge in [-0.25, -0.2) is 0 Å². The zero-order chi connectivity index (χ0) is 19.9. The van der Waals surface area contributed by atoms with E-state index in [0.717, 1.165) is 17.3 Å². The number of hydrogen-bond acceptors (Lipinski definition) is 3. The molecule has 7 heteroatoms. The Balaban J connectivity index is 1.49. The van der Waals surface area contributed by atoms with Crippen LogP contribution in [-0.2, 0) is 4.79 Å². The summed E-state index contributed by atoms with van der Waals surface area (Å²) in [5, 5.41) is 6.25. The first-order chi connectivity index (χ1) is 13.5. The summed E-state index contributed by atoms with van der Waals surface area (Å²) >= 11 is 9.38. The van der Waals surface area contributed by atoms with Crippen molar-refractivity contribution >= 4 is 45.0 Å². The third-order valence-electron chi connectivity index (χ3n) is 4.62. The number of carbonyl (C=O) groups is 2. The molecule has 2 amide bonds. The number of halogens is 2. The smallest absolute Gasteiger partial charge is 0.262 e. The Morgan fingerprint density at radius 2 is 1.79 bits per heavy atom. The van der Waals surface area contributed by atoms with Crippen LogP contribution in [-0.4, -0.2) is 24.5 Å². The van der Waals surface area contributed by atoms with Gasteiger partial charge in [0.05, 0.1) is 5.02 Å². The number of benzene rings is 2. The van der Waals surface area contributed by atoms with Gasteiger partial charge in [0, 0.05) is 21.8 Å². The molecule has 3 rings (SSSR count). The second-order valence-corrected chi connectivity index (χ2v) is 8.12. The van der Waals surface area contributed by atoms with E-state index in [1.807, 2.05) is 0 Å². The zero-order valence-electron chi connectivity index (χ0n) is 15.3. The molecule has 2 aromatic carbocycles. The van der Waals surface area contributed by atoms with Gasteiger partial charge in [0.1, 0.15) is 5.75 Å². The molecule has 0 saturated heterocycles. The highest BCUT2D eigenvalue weighted by Gasteiger charge is 2.16. The average molecular weight is 466 g/mol. The molecule has 0 bridgehead atoms. The SMILES string of the molecule is O=C(COc1ccc(Br)cc1Cl)Nc1ccc(C(=O)NC2CCCCC2)cc1. The van der Waals surface area contributed by atoms with E-state index >= 15 is 0 Å². The number of carbonyl (C=O) groups excluding carboxylic acids is 2. The topological polar surface area (TPSA) is 67.4 Å². The van der Waals surface area contributed by atoms with E-state index in [1.54, 1.807) is 42.5 Å². The predicted molar refractivity (Wildman–Crippen MR) is 114 cm³/mol. The van der Waals surface area contributed by atoms with Crippen LogP contribution in [0.1, 0.15) is 42.5 Å². The zero-order valence-corrected chi connectivity index (χ0v) is 17.7. The fourth-order valence-electron chi connectivity index (χ4n) is 3.15. The molecule has 2 N–H and O–H groups in total. The minimum atomic E-state index is -0.307. The average Bonchev–Trinajstić information content (AvgIpc) is 2.68. The van der Waals surface area contributed by atoms with Crippen LogP contribution in [0.3, 0.4) is 0 Å². The molecule has 5 nitrogen and oxygen atoms in total. The maximum absolute atomic E-state index is 12.3. The summed E-state index contributed by atoms with van der Waals surface area (Å²) in [6.45, 7) is -0.161. The molecule has 0 spiro atoms. The Morgan fingerprint density at radius 1 is 1.07 bits per heavy atom. The summed E-state index contributed by atoms with van der Waals surface area (Å²) in [6.07, 6.45) is 5.68. The Morgan fingerprint density at radius 3 is 2.46 bits per heavy atom. The van der Waals surface area contributed by atoms with E-state index in [4.69, 9.17) is 16.3 Å². The molecular weight excluding hydrogens is 444 g/mol. The summed E-state index contributed by atoms with van der Waals surface area (Å²) in [5.74, 6) is 0.0612. The highest BCUT2D eigenvalue weighted by atomic mass is 79.9. The molecule has 28 heavy (non-hydrogen) atoms. The van der Waals surface area contributed by atoms with Gasteiger partial charge in [-0.2, -0.15) is 0 Å². The maximum Gasteiger partial charge on any atom is 0.262 e. The largest absolute Gasteiger partial charge is 0.482 e. The van der Waals surface area contributed by atoms with E-state index in [-0.39, 0.29) is 24.5 Å². The molecule has 0 aromatic heterocycles. The lowest BCUT2D eigenvalue weighted by Gasteiger charge is -2.22. The van der Waals surface area contributed by atoms with Gasteiger partial charge in [-0.15, -0.1) is 0 Å². The van der Waals surface area contributed by atoms with Gasteiger partial charge in [-0.3, -0.25) is 9.59 Å². The molecule has 0 atom stereocenters. The Kier molecular flexibility index (Phi) is 7.34. The van der Waals surface area contributed by atoms with Gasteiger partial charge < -0.3 is 15.4 Å². The summed E-state index contributed by atoms with van der Waals surface area (Å²) in [4.78, 5) is 24.4. The molecule has 1 aliphatic carbocycles. The van der Waals surface area contributed by atoms with Crippen LogP contribution in [0.4, 0.5) is 5.69 Å². The van der Waals surface area contributed by atoms with Crippen molar-refractivity contribution < 1.29 is 14.3 Å². The van der Waals surface area contributed by atoms with Crippen molar-refractivity contribution in [3.05, 3.63) is 57.5 Å². The highest BCUT2D eigenvalue weighted by molar-refractivity contribution is 9.10.